The van der Waals surface area contributed by atoms with Gasteiger partial charge in [0.1, 0.15) is 24.6 Å². The van der Waals surface area contributed by atoms with Gasteiger partial charge in [-0.1, -0.05) is 24.3 Å². The van der Waals surface area contributed by atoms with Crippen LogP contribution >= 0.6 is 0 Å². The lowest BCUT2D eigenvalue weighted by molar-refractivity contribution is 0.512. The molecule has 8 heteroatoms. The lowest BCUT2D eigenvalue weighted by Gasteiger charge is -2.09. The second kappa shape index (κ2) is 10.7. The van der Waals surface area contributed by atoms with E-state index >= 15 is 0 Å². The van der Waals surface area contributed by atoms with Crippen LogP contribution in [0.15, 0.2) is 104 Å². The van der Waals surface area contributed by atoms with E-state index in [1.807, 2.05) is 48.5 Å². The number of anilines is 2. The van der Waals surface area contributed by atoms with Crippen LogP contribution in [0.2, 0.25) is 0 Å². The molecule has 0 aliphatic heterocycles. The third kappa shape index (κ3) is 6.76. The molecule has 4 rings (SSSR count). The maximum Gasteiger partial charge on any atom is 0.193 e. The smallest absolute Gasteiger partial charge is 0.193 e. The fourth-order valence-electron chi connectivity index (χ4n) is 3.15. The molecule has 0 aliphatic rings. The minimum Gasteiger partial charge on any atom is -0.467 e. The lowest BCUT2D eigenvalue weighted by atomic mass is 10.0. The third-order valence-electron chi connectivity index (χ3n) is 4.83. The molecule has 8 nitrogen and oxygen atoms in total. The van der Waals surface area contributed by atoms with E-state index in [0.717, 1.165) is 29.3 Å². The highest BCUT2D eigenvalue weighted by atomic mass is 16.3. The number of hydrogen-bond acceptors (Lipinski definition) is 4. The average molecular weight is 443 g/mol. The van der Waals surface area contributed by atoms with Crippen molar-refractivity contribution >= 4 is 23.3 Å². The third-order valence-corrected chi connectivity index (χ3v) is 4.83. The van der Waals surface area contributed by atoms with Crippen LogP contribution in [0.25, 0.3) is 0 Å². The van der Waals surface area contributed by atoms with E-state index in [9.17, 15) is 0 Å². The van der Waals surface area contributed by atoms with Crippen molar-refractivity contribution in [1.82, 2.24) is 0 Å². The lowest BCUT2D eigenvalue weighted by Crippen LogP contribution is -2.22. The number of hydrogen-bond donors (Lipinski definition) is 4. The van der Waals surface area contributed by atoms with Gasteiger partial charge in [-0.15, -0.1) is 0 Å². The summed E-state index contributed by atoms with van der Waals surface area (Å²) in [7, 11) is 0. The SMILES string of the molecule is NC(=NCc1ccco1)Nc1ccc(Cc2ccc(NC(N)=NCc3ccco3)cc2)cc1. The largest absolute Gasteiger partial charge is 0.467 e. The molecule has 168 valence electrons. The number of benzene rings is 2. The van der Waals surface area contributed by atoms with Crippen LogP contribution in [0.3, 0.4) is 0 Å². The molecule has 0 bridgehead atoms. The van der Waals surface area contributed by atoms with E-state index < -0.39 is 0 Å². The van der Waals surface area contributed by atoms with E-state index in [1.54, 1.807) is 12.5 Å². The molecule has 0 radical (unpaired) electrons. The Morgan fingerprint density at radius 3 is 1.42 bits per heavy atom. The topological polar surface area (TPSA) is 127 Å². The Kier molecular flexibility index (Phi) is 7.07. The number of rotatable bonds is 8. The summed E-state index contributed by atoms with van der Waals surface area (Å²) >= 11 is 0. The van der Waals surface area contributed by atoms with Gasteiger partial charge in [0.05, 0.1) is 12.5 Å². The first kappa shape index (κ1) is 21.8. The van der Waals surface area contributed by atoms with Crippen LogP contribution in [0.1, 0.15) is 22.6 Å². The fraction of sp³-hybridized carbons (Fsp3) is 0.120. The van der Waals surface area contributed by atoms with Crippen LogP contribution in [-0.2, 0) is 19.5 Å². The van der Waals surface area contributed by atoms with Crippen molar-refractivity contribution in [2.75, 3.05) is 10.6 Å². The quantitative estimate of drug-likeness (QED) is 0.238. The molecule has 0 saturated carbocycles. The van der Waals surface area contributed by atoms with E-state index in [4.69, 9.17) is 20.3 Å². The summed E-state index contributed by atoms with van der Waals surface area (Å²) < 4.78 is 10.5. The van der Waals surface area contributed by atoms with Crippen LogP contribution in [0.5, 0.6) is 0 Å². The van der Waals surface area contributed by atoms with Crippen molar-refractivity contribution in [2.24, 2.45) is 21.5 Å². The summed E-state index contributed by atoms with van der Waals surface area (Å²) in [6.07, 6.45) is 4.04. The van der Waals surface area contributed by atoms with Crippen molar-refractivity contribution in [2.45, 2.75) is 19.5 Å². The second-order valence-corrected chi connectivity index (χ2v) is 7.38. The second-order valence-electron chi connectivity index (χ2n) is 7.38. The Bertz CT molecular complexity index is 1080. The van der Waals surface area contributed by atoms with Gasteiger partial charge in [0.2, 0.25) is 0 Å². The molecule has 33 heavy (non-hydrogen) atoms. The molecule has 0 amide bonds. The molecule has 2 aromatic heterocycles. The fourth-order valence-corrected chi connectivity index (χ4v) is 3.15. The molecule has 0 spiro atoms. The van der Waals surface area contributed by atoms with Gasteiger partial charge in [0, 0.05) is 11.4 Å². The molecule has 6 N–H and O–H groups in total. The first-order valence-electron chi connectivity index (χ1n) is 10.5. The number of furan rings is 2. The van der Waals surface area contributed by atoms with Crippen molar-refractivity contribution in [3.8, 4) is 0 Å². The molecule has 0 saturated heterocycles. The summed E-state index contributed by atoms with van der Waals surface area (Å²) in [6, 6.07) is 23.6. The molecule has 0 atom stereocenters. The summed E-state index contributed by atoms with van der Waals surface area (Å²) in [5.41, 5.74) is 16.0. The van der Waals surface area contributed by atoms with Gasteiger partial charge in [-0.2, -0.15) is 0 Å². The monoisotopic (exact) mass is 442 g/mol. The van der Waals surface area contributed by atoms with Gasteiger partial charge >= 0.3 is 0 Å². The van der Waals surface area contributed by atoms with Crippen LogP contribution in [0.4, 0.5) is 11.4 Å². The van der Waals surface area contributed by atoms with E-state index in [1.165, 1.54) is 11.1 Å². The summed E-state index contributed by atoms with van der Waals surface area (Å²) in [5.74, 6) is 2.21. The van der Waals surface area contributed by atoms with Gasteiger partial charge in [-0.05, 0) is 66.1 Å². The highest BCUT2D eigenvalue weighted by molar-refractivity contribution is 5.92. The zero-order valence-corrected chi connectivity index (χ0v) is 18.1. The van der Waals surface area contributed by atoms with Gasteiger partial charge in [-0.25, -0.2) is 9.98 Å². The summed E-state index contributed by atoms with van der Waals surface area (Å²) in [5, 5.41) is 6.18. The Morgan fingerprint density at radius 1 is 0.636 bits per heavy atom. The van der Waals surface area contributed by atoms with Gasteiger partial charge in [0.15, 0.2) is 11.9 Å². The number of nitrogens with one attached hydrogen (secondary N) is 2. The Balaban J connectivity index is 1.27. The summed E-state index contributed by atoms with van der Waals surface area (Å²) in [6.45, 7) is 0.798. The summed E-state index contributed by atoms with van der Waals surface area (Å²) in [4.78, 5) is 8.53. The maximum absolute atomic E-state index is 5.95. The molecular weight excluding hydrogens is 416 g/mol. The minimum absolute atomic E-state index is 0.342. The highest BCUT2D eigenvalue weighted by Gasteiger charge is 2.02. The Hall–Kier alpha value is -4.46. The number of nitrogens with zero attached hydrogens (tertiary/aromatic N) is 2. The standard InChI is InChI=1S/C25H26N6O2/c26-24(28-16-22-3-1-13-32-22)30-20-9-5-18(6-10-20)15-19-7-11-21(12-8-19)31-25(27)29-17-23-4-2-14-33-23/h1-14H,15-17H2,(H3,26,28,30)(H3,27,29,31). The van der Waals surface area contributed by atoms with Crippen molar-refractivity contribution in [1.29, 1.82) is 0 Å². The first-order valence-corrected chi connectivity index (χ1v) is 10.5. The predicted octanol–water partition coefficient (Wildman–Crippen LogP) is 4.32. The Morgan fingerprint density at radius 2 is 1.06 bits per heavy atom. The average Bonchev–Trinajstić information content (AvgIpc) is 3.53. The molecule has 2 heterocycles. The number of guanidine groups is 2. The van der Waals surface area contributed by atoms with Crippen molar-refractivity contribution < 1.29 is 8.83 Å². The predicted molar refractivity (Wildman–Crippen MR) is 131 cm³/mol. The maximum atomic E-state index is 5.95. The minimum atomic E-state index is 0.342. The molecule has 0 fully saturated rings. The molecular formula is C25H26N6O2. The van der Waals surface area contributed by atoms with Gasteiger partial charge < -0.3 is 30.9 Å². The molecule has 4 aromatic rings. The Labute approximate surface area is 192 Å². The zero-order valence-electron chi connectivity index (χ0n) is 18.1. The van der Waals surface area contributed by atoms with E-state index in [-0.39, 0.29) is 0 Å². The number of nitrogens with two attached hydrogens (primary N) is 2. The van der Waals surface area contributed by atoms with Crippen LogP contribution < -0.4 is 22.1 Å². The molecule has 2 aromatic carbocycles. The van der Waals surface area contributed by atoms with E-state index in [0.29, 0.717) is 25.0 Å². The molecule has 0 unspecified atom stereocenters. The normalized spacial score (nSPS) is 12.0. The first-order chi connectivity index (χ1) is 16.1. The van der Waals surface area contributed by atoms with E-state index in [2.05, 4.69) is 44.9 Å². The van der Waals surface area contributed by atoms with Gasteiger partial charge in [-0.3, -0.25) is 0 Å². The number of aliphatic imine (C=N–C) groups is 2. The van der Waals surface area contributed by atoms with Crippen molar-refractivity contribution in [3.05, 3.63) is 108 Å². The van der Waals surface area contributed by atoms with Crippen LogP contribution in [-0.4, -0.2) is 11.9 Å². The molecule has 0 aliphatic carbocycles. The zero-order chi connectivity index (χ0) is 22.9. The highest BCUT2D eigenvalue weighted by Crippen LogP contribution is 2.16. The van der Waals surface area contributed by atoms with Gasteiger partial charge in [0.25, 0.3) is 0 Å². The van der Waals surface area contributed by atoms with Crippen LogP contribution in [0, 0.1) is 0 Å². The van der Waals surface area contributed by atoms with Crippen molar-refractivity contribution in [3.63, 3.8) is 0 Å².